The molecule has 0 aliphatic heterocycles. The van der Waals surface area contributed by atoms with Gasteiger partial charge in [0.15, 0.2) is 5.16 Å². The third-order valence-electron chi connectivity index (χ3n) is 4.00. The van der Waals surface area contributed by atoms with Crippen molar-refractivity contribution >= 4 is 35.0 Å². The van der Waals surface area contributed by atoms with Gasteiger partial charge in [-0.3, -0.25) is 4.79 Å². The molecule has 3 aromatic rings. The number of thioether (sulfide) groups is 1. The van der Waals surface area contributed by atoms with E-state index in [1.165, 1.54) is 11.8 Å². The quantitative estimate of drug-likeness (QED) is 0.496. The van der Waals surface area contributed by atoms with Crippen LogP contribution >= 0.6 is 23.4 Å². The van der Waals surface area contributed by atoms with Crippen molar-refractivity contribution in [2.45, 2.75) is 25.2 Å². The number of rotatable bonds is 9. The monoisotopic (exact) mass is 431 g/mol. The summed E-state index contributed by atoms with van der Waals surface area (Å²) in [4.78, 5) is 16.7. The molecule has 0 atom stereocenters. The van der Waals surface area contributed by atoms with Gasteiger partial charge in [0.05, 0.1) is 24.7 Å². The summed E-state index contributed by atoms with van der Waals surface area (Å²) in [5, 5.41) is 13.6. The first kappa shape index (κ1) is 21.2. The first-order valence-electron chi connectivity index (χ1n) is 9.14. The number of hydrogen-bond donors (Lipinski definition) is 2. The highest BCUT2D eigenvalue weighted by atomic mass is 35.5. The lowest BCUT2D eigenvalue weighted by molar-refractivity contribution is -0.113. The average molecular weight is 432 g/mol. The third kappa shape index (κ3) is 6.25. The van der Waals surface area contributed by atoms with Crippen LogP contribution in [0.15, 0.2) is 59.9 Å². The smallest absolute Gasteiger partial charge is 0.234 e. The number of aromatic nitrogens is 2. The largest absolute Gasteiger partial charge is 0.494 e. The van der Waals surface area contributed by atoms with E-state index in [0.29, 0.717) is 34.7 Å². The Hall–Kier alpha value is -2.48. The lowest BCUT2D eigenvalue weighted by Gasteiger charge is -2.09. The summed E-state index contributed by atoms with van der Waals surface area (Å²) < 4.78 is 7.32. The molecule has 152 valence electrons. The highest BCUT2D eigenvalue weighted by molar-refractivity contribution is 7.99. The molecule has 3 rings (SSSR count). The number of nitrogens with zero attached hydrogens (tertiary/aromatic N) is 2. The first-order valence-corrected chi connectivity index (χ1v) is 10.5. The van der Waals surface area contributed by atoms with Crippen molar-refractivity contribution in [2.75, 3.05) is 17.7 Å². The molecule has 6 nitrogen and oxygen atoms in total. The maximum absolute atomic E-state index is 12.3. The topological polar surface area (TPSA) is 76.4 Å². The number of anilines is 1. The van der Waals surface area contributed by atoms with Gasteiger partial charge in [-0.25, -0.2) is 4.98 Å². The van der Waals surface area contributed by atoms with E-state index < -0.39 is 0 Å². The van der Waals surface area contributed by atoms with Crippen LogP contribution in [0.3, 0.4) is 0 Å². The molecular formula is C21H22ClN3O3S. The molecule has 0 spiro atoms. The Bertz CT molecular complexity index is 943. The molecule has 1 amide bonds. The molecule has 0 aliphatic carbocycles. The normalized spacial score (nSPS) is 10.7. The fourth-order valence-electron chi connectivity index (χ4n) is 2.67. The van der Waals surface area contributed by atoms with Gasteiger partial charge in [0.2, 0.25) is 5.91 Å². The number of imidazole rings is 1. The summed E-state index contributed by atoms with van der Waals surface area (Å²) in [6.07, 6.45) is 1.79. The second kappa shape index (κ2) is 10.3. The Morgan fingerprint density at radius 3 is 2.59 bits per heavy atom. The average Bonchev–Trinajstić information content (AvgIpc) is 3.12. The number of amides is 1. The number of aliphatic hydroxyl groups excluding tert-OH is 1. The van der Waals surface area contributed by atoms with Crippen LogP contribution in [0, 0.1) is 0 Å². The third-order valence-corrected chi connectivity index (χ3v) is 5.24. The van der Waals surface area contributed by atoms with Gasteiger partial charge >= 0.3 is 0 Å². The number of benzene rings is 2. The summed E-state index contributed by atoms with van der Waals surface area (Å²) in [7, 11) is 0. The maximum atomic E-state index is 12.3. The molecule has 8 heteroatoms. The lowest BCUT2D eigenvalue weighted by Crippen LogP contribution is -2.14. The zero-order valence-corrected chi connectivity index (χ0v) is 17.5. The van der Waals surface area contributed by atoms with Crippen LogP contribution in [0.1, 0.15) is 18.2 Å². The van der Waals surface area contributed by atoms with Gasteiger partial charge in [0.25, 0.3) is 0 Å². The number of ether oxygens (including phenoxy) is 1. The number of halogens is 1. The first-order chi connectivity index (χ1) is 14.1. The molecule has 2 aromatic carbocycles. The van der Waals surface area contributed by atoms with Crippen LogP contribution in [-0.2, 0) is 17.9 Å². The Morgan fingerprint density at radius 2 is 1.93 bits per heavy atom. The van der Waals surface area contributed by atoms with Gasteiger partial charge in [-0.15, -0.1) is 0 Å². The molecule has 0 saturated carbocycles. The Labute approximate surface area is 178 Å². The highest BCUT2D eigenvalue weighted by Crippen LogP contribution is 2.21. The van der Waals surface area contributed by atoms with Gasteiger partial charge < -0.3 is 19.7 Å². The molecular weight excluding hydrogens is 410 g/mol. The maximum Gasteiger partial charge on any atom is 0.234 e. The van der Waals surface area contributed by atoms with Crippen LogP contribution in [0.4, 0.5) is 5.69 Å². The fourth-order valence-corrected chi connectivity index (χ4v) is 3.59. The summed E-state index contributed by atoms with van der Waals surface area (Å²) >= 11 is 7.26. The molecule has 0 fully saturated rings. The van der Waals surface area contributed by atoms with E-state index in [1.807, 2.05) is 47.9 Å². The van der Waals surface area contributed by atoms with Crippen LogP contribution in [-0.4, -0.2) is 32.9 Å². The summed E-state index contributed by atoms with van der Waals surface area (Å²) in [6, 6.07) is 14.8. The Balaban J connectivity index is 1.61. The van der Waals surface area contributed by atoms with Crippen molar-refractivity contribution in [2.24, 2.45) is 0 Å². The number of carbonyl (C=O) groups is 1. The number of hydrogen-bond acceptors (Lipinski definition) is 5. The summed E-state index contributed by atoms with van der Waals surface area (Å²) in [5.41, 5.74) is 2.32. The van der Waals surface area contributed by atoms with E-state index in [1.54, 1.807) is 18.3 Å². The van der Waals surface area contributed by atoms with Crippen LogP contribution < -0.4 is 10.1 Å². The number of aliphatic hydroxyl groups is 1. The molecule has 1 aromatic heterocycles. The van der Waals surface area contributed by atoms with Crippen molar-refractivity contribution in [1.82, 2.24) is 9.55 Å². The molecule has 2 N–H and O–H groups in total. The number of carbonyl (C=O) groups excluding carboxylic acids is 1. The second-order valence-corrected chi connectivity index (χ2v) is 7.60. The van der Waals surface area contributed by atoms with E-state index >= 15 is 0 Å². The molecule has 0 bridgehead atoms. The van der Waals surface area contributed by atoms with Gasteiger partial charge in [-0.05, 0) is 48.9 Å². The fraction of sp³-hybridized carbons (Fsp3) is 0.238. The van der Waals surface area contributed by atoms with Crippen LogP contribution in [0.2, 0.25) is 5.02 Å². The van der Waals surface area contributed by atoms with Gasteiger partial charge in [0.1, 0.15) is 5.75 Å². The molecule has 0 aliphatic rings. The van der Waals surface area contributed by atoms with E-state index in [2.05, 4.69) is 10.3 Å². The van der Waals surface area contributed by atoms with Crippen LogP contribution in [0.5, 0.6) is 5.75 Å². The minimum absolute atomic E-state index is 0.134. The Morgan fingerprint density at radius 1 is 1.21 bits per heavy atom. The number of nitrogens with one attached hydrogen (secondary N) is 1. The van der Waals surface area contributed by atoms with Crippen molar-refractivity contribution in [3.05, 3.63) is 71.0 Å². The molecule has 29 heavy (non-hydrogen) atoms. The van der Waals surface area contributed by atoms with Crippen LogP contribution in [0.25, 0.3) is 0 Å². The molecule has 0 radical (unpaired) electrons. The lowest BCUT2D eigenvalue weighted by atomic mass is 10.2. The predicted molar refractivity (Wildman–Crippen MR) is 116 cm³/mol. The molecule has 0 unspecified atom stereocenters. The highest BCUT2D eigenvalue weighted by Gasteiger charge is 2.12. The molecule has 0 saturated heterocycles. The van der Waals surface area contributed by atoms with Crippen molar-refractivity contribution in [3.63, 3.8) is 0 Å². The summed E-state index contributed by atoms with van der Waals surface area (Å²) in [5.74, 6) is 0.835. The zero-order valence-electron chi connectivity index (χ0n) is 16.0. The SMILES string of the molecule is CCOc1ccc(NC(=O)CSc2nc(CO)cn2Cc2ccc(Cl)cc2)cc1. The second-order valence-electron chi connectivity index (χ2n) is 6.22. The van der Waals surface area contributed by atoms with E-state index in [-0.39, 0.29) is 18.3 Å². The predicted octanol–water partition coefficient (Wildman–Crippen LogP) is 4.21. The minimum atomic E-state index is -0.153. The van der Waals surface area contributed by atoms with Gasteiger partial charge in [-0.2, -0.15) is 0 Å². The van der Waals surface area contributed by atoms with Crippen molar-refractivity contribution in [1.29, 1.82) is 0 Å². The Kier molecular flexibility index (Phi) is 7.57. The van der Waals surface area contributed by atoms with Gasteiger partial charge in [-0.1, -0.05) is 35.5 Å². The van der Waals surface area contributed by atoms with Crippen molar-refractivity contribution in [3.8, 4) is 5.75 Å². The summed E-state index contributed by atoms with van der Waals surface area (Å²) in [6.45, 7) is 2.94. The standard InChI is InChI=1S/C21H22ClN3O3S/c1-2-28-19-9-7-17(8-10-19)23-20(27)14-29-21-24-18(13-26)12-25(21)11-15-3-5-16(22)6-4-15/h3-10,12,26H,2,11,13-14H2,1H3,(H,23,27). The van der Waals surface area contributed by atoms with Crippen molar-refractivity contribution < 1.29 is 14.6 Å². The molecule has 1 heterocycles. The van der Waals surface area contributed by atoms with E-state index in [9.17, 15) is 9.90 Å². The van der Waals surface area contributed by atoms with Gasteiger partial charge in [0, 0.05) is 23.5 Å². The zero-order chi connectivity index (χ0) is 20.6. The van der Waals surface area contributed by atoms with E-state index in [0.717, 1.165) is 11.3 Å². The minimum Gasteiger partial charge on any atom is -0.494 e. The van der Waals surface area contributed by atoms with E-state index in [4.69, 9.17) is 16.3 Å².